The van der Waals surface area contributed by atoms with Gasteiger partial charge in [-0.3, -0.25) is 4.98 Å². The van der Waals surface area contributed by atoms with Crippen molar-refractivity contribution in [1.82, 2.24) is 4.98 Å². The molecule has 1 aromatic carbocycles. The van der Waals surface area contributed by atoms with Gasteiger partial charge in [0.1, 0.15) is 5.75 Å². The zero-order valence-electron chi connectivity index (χ0n) is 11.9. The number of benzene rings is 1. The van der Waals surface area contributed by atoms with Crippen molar-refractivity contribution in [3.63, 3.8) is 0 Å². The summed E-state index contributed by atoms with van der Waals surface area (Å²) in [5.41, 5.74) is 16.6. The minimum absolute atomic E-state index is 0.0528. The number of nitrogens with zero attached hydrogens (tertiary/aromatic N) is 3. The summed E-state index contributed by atoms with van der Waals surface area (Å²) in [5.74, 6) is 1.39. The highest BCUT2D eigenvalue weighted by Crippen LogP contribution is 2.34. The second kappa shape index (κ2) is 6.93. The highest BCUT2D eigenvalue weighted by Gasteiger charge is 2.07. The second-order valence-corrected chi connectivity index (χ2v) is 4.13. The highest BCUT2D eigenvalue weighted by atomic mass is 16.5. The summed E-state index contributed by atoms with van der Waals surface area (Å²) in [6.07, 6.45) is 3.26. The SMILES string of the molecule is COc1cc(N=C(N)N=C(N)N)ccc1Oc1cccnc1. The van der Waals surface area contributed by atoms with E-state index in [1.54, 1.807) is 42.7 Å². The molecule has 1 heterocycles. The fourth-order valence-corrected chi connectivity index (χ4v) is 1.63. The summed E-state index contributed by atoms with van der Waals surface area (Å²) in [6.45, 7) is 0. The Labute approximate surface area is 127 Å². The summed E-state index contributed by atoms with van der Waals surface area (Å²) < 4.78 is 11.0. The van der Waals surface area contributed by atoms with Gasteiger partial charge in [-0.15, -0.1) is 0 Å². The summed E-state index contributed by atoms with van der Waals surface area (Å²) >= 11 is 0. The van der Waals surface area contributed by atoms with Gasteiger partial charge in [0.15, 0.2) is 17.5 Å². The first kappa shape index (κ1) is 15.1. The maximum atomic E-state index is 5.69. The molecule has 0 fully saturated rings. The van der Waals surface area contributed by atoms with Crippen LogP contribution in [-0.4, -0.2) is 24.0 Å². The van der Waals surface area contributed by atoms with Crippen LogP contribution in [0.2, 0.25) is 0 Å². The Morgan fingerprint density at radius 2 is 1.95 bits per heavy atom. The molecule has 0 radical (unpaired) electrons. The number of hydrogen-bond donors (Lipinski definition) is 3. The Hall–Kier alpha value is -3.29. The van der Waals surface area contributed by atoms with Gasteiger partial charge >= 0.3 is 0 Å². The van der Waals surface area contributed by atoms with Crippen LogP contribution in [-0.2, 0) is 0 Å². The number of methoxy groups -OCH3 is 1. The zero-order valence-corrected chi connectivity index (χ0v) is 11.9. The highest BCUT2D eigenvalue weighted by molar-refractivity contribution is 5.93. The van der Waals surface area contributed by atoms with Gasteiger partial charge < -0.3 is 26.7 Å². The van der Waals surface area contributed by atoms with Gasteiger partial charge in [-0.25, -0.2) is 4.99 Å². The number of ether oxygens (including phenoxy) is 2. The fraction of sp³-hybridized carbons (Fsp3) is 0.0714. The molecule has 0 unspecified atom stereocenters. The summed E-state index contributed by atoms with van der Waals surface area (Å²) in [5, 5.41) is 0. The quantitative estimate of drug-likeness (QED) is 0.571. The lowest BCUT2D eigenvalue weighted by atomic mass is 10.3. The molecule has 0 saturated carbocycles. The van der Waals surface area contributed by atoms with Crippen LogP contribution in [0, 0.1) is 0 Å². The number of pyridine rings is 1. The van der Waals surface area contributed by atoms with Crippen LogP contribution < -0.4 is 26.7 Å². The molecule has 1 aromatic heterocycles. The number of aromatic nitrogens is 1. The Kier molecular flexibility index (Phi) is 4.76. The Bertz CT molecular complexity index is 696. The Morgan fingerprint density at radius 3 is 2.59 bits per heavy atom. The van der Waals surface area contributed by atoms with Gasteiger partial charge in [0.2, 0.25) is 5.96 Å². The van der Waals surface area contributed by atoms with Crippen LogP contribution in [0.15, 0.2) is 52.7 Å². The van der Waals surface area contributed by atoms with Gasteiger partial charge in [0, 0.05) is 12.3 Å². The smallest absolute Gasteiger partial charge is 0.223 e. The lowest BCUT2D eigenvalue weighted by Crippen LogP contribution is -2.26. The number of rotatable bonds is 4. The minimum Gasteiger partial charge on any atom is -0.493 e. The van der Waals surface area contributed by atoms with Crippen molar-refractivity contribution < 1.29 is 9.47 Å². The van der Waals surface area contributed by atoms with E-state index in [2.05, 4.69) is 15.0 Å². The largest absolute Gasteiger partial charge is 0.493 e. The van der Waals surface area contributed by atoms with E-state index < -0.39 is 0 Å². The fourth-order valence-electron chi connectivity index (χ4n) is 1.63. The molecule has 22 heavy (non-hydrogen) atoms. The van der Waals surface area contributed by atoms with E-state index in [-0.39, 0.29) is 11.9 Å². The molecule has 2 rings (SSSR count). The third-order valence-corrected chi connectivity index (χ3v) is 2.50. The van der Waals surface area contributed by atoms with E-state index >= 15 is 0 Å². The van der Waals surface area contributed by atoms with Gasteiger partial charge in [-0.05, 0) is 24.3 Å². The molecule has 8 nitrogen and oxygen atoms in total. The van der Waals surface area contributed by atoms with Crippen LogP contribution in [0.4, 0.5) is 5.69 Å². The van der Waals surface area contributed by atoms with Gasteiger partial charge in [0.25, 0.3) is 0 Å². The first-order valence-electron chi connectivity index (χ1n) is 6.28. The molecule has 0 aliphatic carbocycles. The lowest BCUT2D eigenvalue weighted by molar-refractivity contribution is 0.378. The van der Waals surface area contributed by atoms with Gasteiger partial charge in [-0.2, -0.15) is 4.99 Å². The average Bonchev–Trinajstić information content (AvgIpc) is 2.49. The summed E-state index contributed by atoms with van der Waals surface area (Å²) in [6, 6.07) is 8.61. The molecule has 114 valence electrons. The number of guanidine groups is 2. The van der Waals surface area contributed by atoms with Gasteiger partial charge in [-0.1, -0.05) is 0 Å². The topological polar surface area (TPSA) is 134 Å². The Morgan fingerprint density at radius 1 is 1.14 bits per heavy atom. The van der Waals surface area contributed by atoms with Crippen molar-refractivity contribution in [3.05, 3.63) is 42.7 Å². The Balaban J connectivity index is 2.26. The normalized spacial score (nSPS) is 10.9. The van der Waals surface area contributed by atoms with Crippen LogP contribution in [0.25, 0.3) is 0 Å². The van der Waals surface area contributed by atoms with E-state index in [9.17, 15) is 0 Å². The lowest BCUT2D eigenvalue weighted by Gasteiger charge is -2.10. The zero-order chi connectivity index (χ0) is 15.9. The van der Waals surface area contributed by atoms with Crippen molar-refractivity contribution in [2.45, 2.75) is 0 Å². The average molecular weight is 300 g/mol. The van der Waals surface area contributed by atoms with Crippen LogP contribution in [0.1, 0.15) is 0 Å². The van der Waals surface area contributed by atoms with E-state index in [1.165, 1.54) is 7.11 Å². The molecule has 0 bridgehead atoms. The monoisotopic (exact) mass is 300 g/mol. The van der Waals surface area contributed by atoms with Crippen LogP contribution in [0.3, 0.4) is 0 Å². The maximum Gasteiger partial charge on any atom is 0.223 e. The molecule has 0 amide bonds. The van der Waals surface area contributed by atoms with Crippen LogP contribution >= 0.6 is 0 Å². The van der Waals surface area contributed by atoms with Gasteiger partial charge in [0.05, 0.1) is 19.0 Å². The maximum absolute atomic E-state index is 5.69. The molecule has 8 heteroatoms. The number of aliphatic imine (C=N–C) groups is 2. The molecular formula is C14H16N6O2. The first-order valence-corrected chi connectivity index (χ1v) is 6.28. The third kappa shape index (κ3) is 4.10. The summed E-state index contributed by atoms with van der Waals surface area (Å²) in [7, 11) is 1.53. The van der Waals surface area contributed by atoms with Crippen molar-refractivity contribution in [3.8, 4) is 17.2 Å². The van der Waals surface area contributed by atoms with E-state index in [4.69, 9.17) is 26.7 Å². The van der Waals surface area contributed by atoms with Crippen molar-refractivity contribution >= 4 is 17.6 Å². The van der Waals surface area contributed by atoms with E-state index in [1.807, 2.05) is 0 Å². The van der Waals surface area contributed by atoms with Crippen LogP contribution in [0.5, 0.6) is 17.2 Å². The summed E-state index contributed by atoms with van der Waals surface area (Å²) in [4.78, 5) is 11.7. The van der Waals surface area contributed by atoms with Crippen molar-refractivity contribution in [2.75, 3.05) is 7.11 Å². The number of hydrogen-bond acceptors (Lipinski definition) is 4. The standard InChI is InChI=1S/C14H16N6O2/c1-21-12-7-9(19-14(17)20-13(15)16)4-5-11(12)22-10-3-2-6-18-8-10/h2-8H,1H3,(H6,15,16,17,19,20). The predicted octanol–water partition coefficient (Wildman–Crippen LogP) is 1.10. The minimum atomic E-state index is -0.162. The molecule has 0 spiro atoms. The molecule has 2 aromatic rings. The first-order chi connectivity index (χ1) is 10.6. The van der Waals surface area contributed by atoms with E-state index in [0.29, 0.717) is 22.9 Å². The van der Waals surface area contributed by atoms with Crippen molar-refractivity contribution in [2.24, 2.45) is 27.2 Å². The molecular weight excluding hydrogens is 284 g/mol. The predicted molar refractivity (Wildman–Crippen MR) is 84.4 cm³/mol. The molecule has 0 aliphatic heterocycles. The third-order valence-electron chi connectivity index (χ3n) is 2.50. The second-order valence-electron chi connectivity index (χ2n) is 4.13. The van der Waals surface area contributed by atoms with Crippen molar-refractivity contribution in [1.29, 1.82) is 0 Å². The molecule has 0 atom stereocenters. The molecule has 0 saturated heterocycles. The molecule has 0 aliphatic rings. The van der Waals surface area contributed by atoms with E-state index in [0.717, 1.165) is 0 Å². The number of nitrogens with two attached hydrogens (primary N) is 3. The molecule has 6 N–H and O–H groups in total.